The maximum absolute atomic E-state index is 12.3. The number of nitrogens with zero attached hydrogens (tertiary/aromatic N) is 1. The summed E-state index contributed by atoms with van der Waals surface area (Å²) in [5.74, 6) is 0.0388. The van der Waals surface area contributed by atoms with Gasteiger partial charge in [0, 0.05) is 0 Å². The van der Waals surface area contributed by atoms with Gasteiger partial charge in [-0.1, -0.05) is 12.5 Å². The molecule has 1 atom stereocenters. The Morgan fingerprint density at radius 3 is 2.67 bits per heavy atom. The summed E-state index contributed by atoms with van der Waals surface area (Å²) < 4.78 is 5.33. The van der Waals surface area contributed by atoms with Crippen molar-refractivity contribution >= 4 is 5.97 Å². The first-order valence-corrected chi connectivity index (χ1v) is 7.84. The zero-order valence-corrected chi connectivity index (χ0v) is 12.6. The van der Waals surface area contributed by atoms with Crippen molar-refractivity contribution in [2.24, 2.45) is 0 Å². The highest BCUT2D eigenvalue weighted by atomic mass is 16.5. The van der Waals surface area contributed by atoms with Crippen LogP contribution in [0.4, 0.5) is 0 Å². The van der Waals surface area contributed by atoms with E-state index in [1.165, 1.54) is 6.42 Å². The molecule has 3 rings (SSSR count). The minimum absolute atomic E-state index is 0.697. The smallest absolute Gasteiger partial charge is 0.328 e. The van der Waals surface area contributed by atoms with Gasteiger partial charge in [0.2, 0.25) is 0 Å². The molecule has 1 aliphatic heterocycles. The van der Waals surface area contributed by atoms with Crippen molar-refractivity contribution in [2.45, 2.75) is 44.1 Å². The second-order valence-electron chi connectivity index (χ2n) is 6.09. The number of hydrogen-bond acceptors (Lipinski definition) is 3. The fraction of sp³-hybridized carbons (Fsp3) is 0.588. The second kappa shape index (κ2) is 5.68. The number of hydrogen-bond donors (Lipinski definition) is 1. The standard InChI is InChI=1S/C17H23NO3/c1-21-14-8-7-13-6-5-9-17(16(19)20,15(13)12-14)18-10-3-2-4-11-18/h7-8,12H,2-6,9-11H2,1H3,(H,19,20). The molecule has 2 aliphatic rings. The van der Waals surface area contributed by atoms with E-state index in [0.29, 0.717) is 6.42 Å². The van der Waals surface area contributed by atoms with Crippen LogP contribution in [0.5, 0.6) is 5.75 Å². The summed E-state index contributed by atoms with van der Waals surface area (Å²) in [6.07, 6.45) is 5.98. The van der Waals surface area contributed by atoms with Crippen molar-refractivity contribution in [1.82, 2.24) is 4.90 Å². The van der Waals surface area contributed by atoms with Crippen LogP contribution >= 0.6 is 0 Å². The van der Waals surface area contributed by atoms with Gasteiger partial charge in [0.15, 0.2) is 0 Å². The van der Waals surface area contributed by atoms with Gasteiger partial charge in [-0.05, 0) is 68.5 Å². The third-order valence-electron chi connectivity index (χ3n) is 5.00. The van der Waals surface area contributed by atoms with Gasteiger partial charge in [-0.2, -0.15) is 0 Å². The van der Waals surface area contributed by atoms with Crippen LogP contribution in [0.3, 0.4) is 0 Å². The summed E-state index contributed by atoms with van der Waals surface area (Å²) in [7, 11) is 1.63. The van der Waals surface area contributed by atoms with Gasteiger partial charge >= 0.3 is 5.97 Å². The Labute approximate surface area is 125 Å². The molecule has 1 unspecified atom stereocenters. The minimum atomic E-state index is -0.859. The quantitative estimate of drug-likeness (QED) is 0.929. The van der Waals surface area contributed by atoms with E-state index in [1.54, 1.807) is 7.11 Å². The van der Waals surface area contributed by atoms with Gasteiger partial charge in [0.25, 0.3) is 0 Å². The van der Waals surface area contributed by atoms with E-state index in [1.807, 2.05) is 18.2 Å². The number of carboxylic acids is 1. The molecule has 0 bridgehead atoms. The van der Waals surface area contributed by atoms with E-state index < -0.39 is 11.5 Å². The molecule has 1 saturated heterocycles. The normalized spacial score (nSPS) is 26.1. The maximum Gasteiger partial charge on any atom is 0.328 e. The summed E-state index contributed by atoms with van der Waals surface area (Å²) in [5, 5.41) is 10.1. The van der Waals surface area contributed by atoms with Crippen molar-refractivity contribution in [3.8, 4) is 5.75 Å². The maximum atomic E-state index is 12.3. The monoisotopic (exact) mass is 289 g/mol. The molecule has 1 aromatic rings. The van der Waals surface area contributed by atoms with Crippen LogP contribution in [0.25, 0.3) is 0 Å². The van der Waals surface area contributed by atoms with Crippen LogP contribution in [-0.2, 0) is 16.8 Å². The van der Waals surface area contributed by atoms with E-state index >= 15 is 0 Å². The lowest BCUT2D eigenvalue weighted by atomic mass is 9.74. The Balaban J connectivity index is 2.11. The number of likely N-dealkylation sites (tertiary alicyclic amines) is 1. The van der Waals surface area contributed by atoms with Crippen LogP contribution in [-0.4, -0.2) is 36.2 Å². The number of rotatable bonds is 3. The first-order valence-electron chi connectivity index (χ1n) is 7.84. The molecule has 4 heteroatoms. The molecule has 21 heavy (non-hydrogen) atoms. The minimum Gasteiger partial charge on any atom is -0.497 e. The summed E-state index contributed by atoms with van der Waals surface area (Å²) >= 11 is 0. The molecule has 1 heterocycles. The van der Waals surface area contributed by atoms with E-state index in [9.17, 15) is 9.90 Å². The average Bonchev–Trinajstić information content (AvgIpc) is 2.54. The zero-order chi connectivity index (χ0) is 14.9. The summed E-state index contributed by atoms with van der Waals surface area (Å²) in [5.41, 5.74) is 1.25. The molecule has 0 radical (unpaired) electrons. The Morgan fingerprint density at radius 2 is 2.00 bits per heavy atom. The lowest BCUT2D eigenvalue weighted by Crippen LogP contribution is -2.55. The van der Waals surface area contributed by atoms with Crippen molar-refractivity contribution < 1.29 is 14.6 Å². The molecule has 1 fully saturated rings. The molecule has 0 amide bonds. The van der Waals surface area contributed by atoms with Gasteiger partial charge in [-0.3, -0.25) is 4.90 Å². The number of carboxylic acid groups (broad SMARTS) is 1. The van der Waals surface area contributed by atoms with E-state index in [-0.39, 0.29) is 0 Å². The largest absolute Gasteiger partial charge is 0.497 e. The van der Waals surface area contributed by atoms with Gasteiger partial charge in [0.05, 0.1) is 7.11 Å². The third-order valence-corrected chi connectivity index (χ3v) is 5.00. The van der Waals surface area contributed by atoms with E-state index in [2.05, 4.69) is 4.90 Å². The van der Waals surface area contributed by atoms with Crippen LogP contribution in [0.2, 0.25) is 0 Å². The second-order valence-corrected chi connectivity index (χ2v) is 6.09. The van der Waals surface area contributed by atoms with Gasteiger partial charge in [0.1, 0.15) is 11.3 Å². The summed E-state index contributed by atoms with van der Waals surface area (Å²) in [6.45, 7) is 1.76. The van der Waals surface area contributed by atoms with E-state index in [4.69, 9.17) is 4.74 Å². The Morgan fingerprint density at radius 1 is 1.24 bits per heavy atom. The Kier molecular flexibility index (Phi) is 3.89. The third kappa shape index (κ3) is 2.31. The molecule has 0 aromatic heterocycles. The molecular formula is C17H23NO3. The lowest BCUT2D eigenvalue weighted by molar-refractivity contribution is -0.155. The van der Waals surface area contributed by atoms with Crippen LogP contribution < -0.4 is 4.74 Å². The molecule has 1 aliphatic carbocycles. The SMILES string of the molecule is COc1ccc2c(c1)C(C(=O)O)(N1CCCCC1)CCC2. The topological polar surface area (TPSA) is 49.8 Å². The van der Waals surface area contributed by atoms with Crippen LogP contribution in [0.1, 0.15) is 43.2 Å². The molecule has 0 saturated carbocycles. The Hall–Kier alpha value is -1.55. The molecule has 4 nitrogen and oxygen atoms in total. The molecule has 1 aromatic carbocycles. The number of aliphatic carboxylic acids is 1. The Bertz CT molecular complexity index is 537. The fourth-order valence-electron chi connectivity index (χ4n) is 3.92. The van der Waals surface area contributed by atoms with E-state index in [0.717, 1.165) is 55.6 Å². The van der Waals surface area contributed by atoms with Crippen molar-refractivity contribution in [2.75, 3.05) is 20.2 Å². The number of aryl methyl sites for hydroxylation is 1. The molecule has 114 valence electrons. The lowest BCUT2D eigenvalue weighted by Gasteiger charge is -2.46. The van der Waals surface area contributed by atoms with Crippen molar-refractivity contribution in [1.29, 1.82) is 0 Å². The highest BCUT2D eigenvalue weighted by Crippen LogP contribution is 2.43. The fourth-order valence-corrected chi connectivity index (χ4v) is 3.92. The number of benzene rings is 1. The van der Waals surface area contributed by atoms with Crippen molar-refractivity contribution in [3.05, 3.63) is 29.3 Å². The number of piperidine rings is 1. The summed E-state index contributed by atoms with van der Waals surface area (Å²) in [4.78, 5) is 14.4. The van der Waals surface area contributed by atoms with Gasteiger partial charge in [-0.25, -0.2) is 4.79 Å². The van der Waals surface area contributed by atoms with Crippen molar-refractivity contribution in [3.63, 3.8) is 0 Å². The average molecular weight is 289 g/mol. The first-order chi connectivity index (χ1) is 10.2. The predicted molar refractivity (Wildman–Crippen MR) is 80.7 cm³/mol. The number of carbonyl (C=O) groups is 1. The summed E-state index contributed by atoms with van der Waals surface area (Å²) in [6, 6.07) is 5.92. The number of methoxy groups -OCH3 is 1. The highest BCUT2D eigenvalue weighted by molar-refractivity contribution is 5.82. The number of fused-ring (bicyclic) bond motifs is 1. The van der Waals surface area contributed by atoms with Crippen LogP contribution in [0, 0.1) is 0 Å². The highest BCUT2D eigenvalue weighted by Gasteiger charge is 2.48. The molecular weight excluding hydrogens is 266 g/mol. The van der Waals surface area contributed by atoms with Gasteiger partial charge < -0.3 is 9.84 Å². The zero-order valence-electron chi connectivity index (χ0n) is 12.6. The van der Waals surface area contributed by atoms with Crippen LogP contribution in [0.15, 0.2) is 18.2 Å². The molecule has 1 N–H and O–H groups in total. The number of ether oxygens (including phenoxy) is 1. The molecule has 0 spiro atoms. The van der Waals surface area contributed by atoms with Gasteiger partial charge in [-0.15, -0.1) is 0 Å². The predicted octanol–water partition coefficient (Wildman–Crippen LogP) is 2.80. The first kappa shape index (κ1) is 14.4.